The zero-order valence-corrected chi connectivity index (χ0v) is 18.9. The normalized spacial score (nSPS) is 24.1. The van der Waals surface area contributed by atoms with Gasteiger partial charge in [0.05, 0.1) is 30.1 Å². The molecule has 1 saturated carbocycles. The molecule has 0 bridgehead atoms. The number of rotatable bonds is 6. The number of anilines is 1. The van der Waals surface area contributed by atoms with Crippen LogP contribution in [0.2, 0.25) is 0 Å². The number of nitriles is 1. The summed E-state index contributed by atoms with van der Waals surface area (Å²) < 4.78 is 72.0. The molecule has 10 heteroatoms. The third-order valence-electron chi connectivity index (χ3n) is 7.17. The van der Waals surface area contributed by atoms with Gasteiger partial charge in [-0.2, -0.15) is 18.4 Å². The Morgan fingerprint density at radius 2 is 1.91 bits per heavy atom. The largest absolute Gasteiger partial charge is 0.417 e. The molecule has 2 aliphatic heterocycles. The lowest BCUT2D eigenvalue weighted by atomic mass is 9.71. The van der Waals surface area contributed by atoms with Crippen molar-refractivity contribution in [2.45, 2.75) is 31.9 Å². The Kier molecular flexibility index (Phi) is 6.20. The zero-order chi connectivity index (χ0) is 23.1. The van der Waals surface area contributed by atoms with Gasteiger partial charge in [-0.15, -0.1) is 0 Å². The van der Waals surface area contributed by atoms with Crippen LogP contribution in [0.3, 0.4) is 0 Å². The van der Waals surface area contributed by atoms with Crippen LogP contribution >= 0.6 is 0 Å². The van der Waals surface area contributed by atoms with Gasteiger partial charge in [0.25, 0.3) is 0 Å². The number of hydrogen-bond acceptors (Lipinski definition) is 5. The fourth-order valence-corrected chi connectivity index (χ4v) is 5.91. The Balaban J connectivity index is 1.49. The van der Waals surface area contributed by atoms with Crippen LogP contribution in [0.1, 0.15) is 36.8 Å². The highest BCUT2D eigenvalue weighted by molar-refractivity contribution is 7.88. The summed E-state index contributed by atoms with van der Waals surface area (Å²) in [6, 6.07) is 5.43. The van der Waals surface area contributed by atoms with Crippen molar-refractivity contribution in [1.29, 1.82) is 5.26 Å². The number of alkyl halides is 3. The van der Waals surface area contributed by atoms with E-state index in [2.05, 4.69) is 0 Å². The van der Waals surface area contributed by atoms with Gasteiger partial charge in [0.15, 0.2) is 0 Å². The quantitative estimate of drug-likeness (QED) is 0.635. The Morgan fingerprint density at radius 3 is 2.47 bits per heavy atom. The number of sulfonamides is 1. The van der Waals surface area contributed by atoms with E-state index >= 15 is 0 Å². The number of hydrogen-bond donors (Lipinski definition) is 0. The van der Waals surface area contributed by atoms with Gasteiger partial charge in [-0.05, 0) is 55.2 Å². The first-order chi connectivity index (χ1) is 15.0. The minimum atomic E-state index is -4.59. The second-order valence-electron chi connectivity index (χ2n) is 9.42. The first-order valence-corrected chi connectivity index (χ1v) is 12.8. The van der Waals surface area contributed by atoms with Gasteiger partial charge >= 0.3 is 6.18 Å². The van der Waals surface area contributed by atoms with E-state index < -0.39 is 21.8 Å². The maximum Gasteiger partial charge on any atom is 0.417 e. The molecule has 4 rings (SSSR count). The first-order valence-electron chi connectivity index (χ1n) is 10.9. The summed E-state index contributed by atoms with van der Waals surface area (Å²) in [5.41, 5.74) is -1.11. The minimum Gasteiger partial charge on any atom is -0.381 e. The van der Waals surface area contributed by atoms with E-state index in [-0.39, 0.29) is 16.9 Å². The summed E-state index contributed by atoms with van der Waals surface area (Å²) >= 11 is 0. The molecular formula is C22H28F3N3O3S. The van der Waals surface area contributed by atoms with Crippen molar-refractivity contribution in [3.05, 3.63) is 29.3 Å². The van der Waals surface area contributed by atoms with Gasteiger partial charge in [0.2, 0.25) is 10.0 Å². The predicted octanol–water partition coefficient (Wildman–Crippen LogP) is 3.48. The Hall–Kier alpha value is -1.83. The fraction of sp³-hybridized carbons (Fsp3) is 0.682. The summed E-state index contributed by atoms with van der Waals surface area (Å²) in [6.07, 6.45) is 0.354. The molecule has 1 aromatic carbocycles. The minimum absolute atomic E-state index is 0.0739. The smallest absolute Gasteiger partial charge is 0.381 e. The van der Waals surface area contributed by atoms with Crippen LogP contribution in [0.5, 0.6) is 0 Å². The molecule has 1 atom stereocenters. The molecule has 32 heavy (non-hydrogen) atoms. The van der Waals surface area contributed by atoms with Crippen molar-refractivity contribution in [3.63, 3.8) is 0 Å². The third-order valence-corrected chi connectivity index (χ3v) is 8.39. The van der Waals surface area contributed by atoms with Crippen LogP contribution in [0, 0.1) is 28.6 Å². The summed E-state index contributed by atoms with van der Waals surface area (Å²) in [5, 5.41) is 9.02. The molecule has 0 aromatic heterocycles. The van der Waals surface area contributed by atoms with Crippen LogP contribution in [-0.2, 0) is 20.9 Å². The molecule has 2 heterocycles. The highest BCUT2D eigenvalue weighted by atomic mass is 32.2. The van der Waals surface area contributed by atoms with Gasteiger partial charge in [-0.3, -0.25) is 0 Å². The Labute approximate surface area is 187 Å². The standard InChI is InChI=1S/C22H28F3N3O3S/c1-32(29,30)28-12-18(14-31-13-16-2-3-16)21(15-28)6-8-27(9-7-21)19-5-4-17(11-26)20(10-19)22(23,24)25/h4-5,10,16,18H,2-3,6-9,12-15H2,1H3. The van der Waals surface area contributed by atoms with Crippen molar-refractivity contribution >= 4 is 15.7 Å². The fourth-order valence-electron chi connectivity index (χ4n) is 4.97. The monoisotopic (exact) mass is 471 g/mol. The second-order valence-corrected chi connectivity index (χ2v) is 11.4. The summed E-state index contributed by atoms with van der Waals surface area (Å²) in [7, 11) is -3.33. The van der Waals surface area contributed by atoms with Gasteiger partial charge in [-0.1, -0.05) is 0 Å². The average molecular weight is 472 g/mol. The molecule has 1 aliphatic carbocycles. The molecule has 0 N–H and O–H groups in total. The summed E-state index contributed by atoms with van der Waals surface area (Å²) in [4.78, 5) is 1.90. The van der Waals surface area contributed by atoms with Crippen molar-refractivity contribution < 1.29 is 26.3 Å². The van der Waals surface area contributed by atoms with E-state index in [0.717, 1.165) is 6.07 Å². The number of piperidine rings is 1. The molecule has 2 saturated heterocycles. The maximum atomic E-state index is 13.4. The average Bonchev–Trinajstić information content (AvgIpc) is 3.49. The highest BCUT2D eigenvalue weighted by Gasteiger charge is 2.50. The lowest BCUT2D eigenvalue weighted by Gasteiger charge is -2.43. The molecule has 3 fully saturated rings. The summed E-state index contributed by atoms with van der Waals surface area (Å²) in [5.74, 6) is 0.698. The third kappa shape index (κ3) is 4.90. The Morgan fingerprint density at radius 1 is 1.22 bits per heavy atom. The van der Waals surface area contributed by atoms with Crippen molar-refractivity contribution in [2.75, 3.05) is 50.5 Å². The van der Waals surface area contributed by atoms with E-state index in [1.165, 1.54) is 29.5 Å². The lowest BCUT2D eigenvalue weighted by Crippen LogP contribution is -2.45. The molecule has 176 valence electrons. The molecule has 6 nitrogen and oxygen atoms in total. The number of halogens is 3. The van der Waals surface area contributed by atoms with Crippen molar-refractivity contribution in [3.8, 4) is 6.07 Å². The lowest BCUT2D eigenvalue weighted by molar-refractivity contribution is -0.137. The maximum absolute atomic E-state index is 13.4. The molecule has 3 aliphatic rings. The van der Waals surface area contributed by atoms with E-state index in [1.807, 2.05) is 4.90 Å². The topological polar surface area (TPSA) is 73.6 Å². The van der Waals surface area contributed by atoms with E-state index in [0.29, 0.717) is 63.8 Å². The number of nitrogens with zero attached hydrogens (tertiary/aromatic N) is 3. The van der Waals surface area contributed by atoms with Crippen LogP contribution in [0.15, 0.2) is 18.2 Å². The van der Waals surface area contributed by atoms with Gasteiger partial charge in [-0.25, -0.2) is 12.7 Å². The molecule has 0 amide bonds. The molecule has 0 radical (unpaired) electrons. The van der Waals surface area contributed by atoms with E-state index in [9.17, 15) is 21.6 Å². The van der Waals surface area contributed by atoms with Crippen molar-refractivity contribution in [2.24, 2.45) is 17.3 Å². The van der Waals surface area contributed by atoms with Gasteiger partial charge in [0, 0.05) is 44.4 Å². The molecule has 1 unspecified atom stereocenters. The SMILES string of the molecule is CS(=O)(=O)N1CC(COCC2CC2)C2(CCN(c3ccc(C#N)c(C(F)(F)F)c3)CC2)C1. The van der Waals surface area contributed by atoms with E-state index in [1.54, 1.807) is 12.1 Å². The van der Waals surface area contributed by atoms with Crippen LogP contribution in [0.25, 0.3) is 0 Å². The second kappa shape index (κ2) is 8.50. The number of ether oxygens (including phenoxy) is 1. The van der Waals surface area contributed by atoms with Crippen LogP contribution in [-0.4, -0.2) is 58.4 Å². The van der Waals surface area contributed by atoms with Crippen LogP contribution in [0.4, 0.5) is 18.9 Å². The van der Waals surface area contributed by atoms with E-state index in [4.69, 9.17) is 10.00 Å². The van der Waals surface area contributed by atoms with Gasteiger partial charge < -0.3 is 9.64 Å². The molecular weight excluding hydrogens is 443 g/mol. The van der Waals surface area contributed by atoms with Crippen molar-refractivity contribution in [1.82, 2.24) is 4.31 Å². The number of benzene rings is 1. The first kappa shape index (κ1) is 23.3. The zero-order valence-electron chi connectivity index (χ0n) is 18.1. The predicted molar refractivity (Wildman–Crippen MR) is 113 cm³/mol. The Bertz CT molecular complexity index is 994. The molecule has 1 spiro atoms. The molecule has 1 aromatic rings. The summed E-state index contributed by atoms with van der Waals surface area (Å²) in [6.45, 7) is 3.14. The van der Waals surface area contributed by atoms with Gasteiger partial charge in [0.1, 0.15) is 0 Å². The highest BCUT2D eigenvalue weighted by Crippen LogP contribution is 2.47. The van der Waals surface area contributed by atoms with Crippen LogP contribution < -0.4 is 4.90 Å².